The summed E-state index contributed by atoms with van der Waals surface area (Å²) in [6, 6.07) is 7.15. The van der Waals surface area contributed by atoms with Gasteiger partial charge in [0.05, 0.1) is 6.54 Å². The predicted molar refractivity (Wildman–Crippen MR) is 78.8 cm³/mol. The second-order valence-corrected chi connectivity index (χ2v) is 5.71. The average Bonchev–Trinajstić information content (AvgIpc) is 2.66. The van der Waals surface area contributed by atoms with Gasteiger partial charge in [-0.05, 0) is 25.8 Å². The molecule has 0 bridgehead atoms. The zero-order chi connectivity index (χ0) is 15.6. The molecule has 1 unspecified atom stereocenters. The summed E-state index contributed by atoms with van der Waals surface area (Å²) in [5, 5.41) is 2.64. The van der Waals surface area contributed by atoms with Crippen LogP contribution in [0.3, 0.4) is 0 Å². The van der Waals surface area contributed by atoms with E-state index in [4.69, 9.17) is 0 Å². The Balaban J connectivity index is 2.01. The molecular formula is C16H20N2O3. The summed E-state index contributed by atoms with van der Waals surface area (Å²) in [7, 11) is 0. The second-order valence-electron chi connectivity index (χ2n) is 5.71. The summed E-state index contributed by atoms with van der Waals surface area (Å²) >= 11 is 0. The topological polar surface area (TPSA) is 66.5 Å². The van der Waals surface area contributed by atoms with E-state index in [2.05, 4.69) is 5.32 Å². The lowest BCUT2D eigenvalue weighted by molar-refractivity contribution is -0.134. The summed E-state index contributed by atoms with van der Waals surface area (Å²) in [6.45, 7) is 5.31. The molecule has 112 valence electrons. The van der Waals surface area contributed by atoms with Gasteiger partial charge in [0, 0.05) is 6.42 Å². The van der Waals surface area contributed by atoms with E-state index in [9.17, 15) is 14.4 Å². The van der Waals surface area contributed by atoms with Crippen LogP contribution >= 0.6 is 0 Å². The maximum Gasteiger partial charge on any atom is 0.325 e. The second kappa shape index (κ2) is 5.68. The van der Waals surface area contributed by atoms with Crippen molar-refractivity contribution in [1.29, 1.82) is 0 Å². The van der Waals surface area contributed by atoms with Crippen LogP contribution in [0.1, 0.15) is 31.4 Å². The lowest BCUT2D eigenvalue weighted by Crippen LogP contribution is -2.43. The fourth-order valence-electron chi connectivity index (χ4n) is 2.30. The molecule has 1 aliphatic heterocycles. The lowest BCUT2D eigenvalue weighted by atomic mass is 9.99. The molecule has 1 aliphatic rings. The molecule has 1 heterocycles. The van der Waals surface area contributed by atoms with Crippen molar-refractivity contribution in [2.24, 2.45) is 0 Å². The van der Waals surface area contributed by atoms with Crippen LogP contribution in [0.2, 0.25) is 0 Å². The Morgan fingerprint density at radius 3 is 2.38 bits per heavy atom. The average molecular weight is 288 g/mol. The summed E-state index contributed by atoms with van der Waals surface area (Å²) in [4.78, 5) is 37.1. The molecule has 1 aromatic rings. The molecule has 5 heteroatoms. The number of rotatable bonds is 5. The number of hydrogen-bond acceptors (Lipinski definition) is 3. The Morgan fingerprint density at radius 2 is 1.86 bits per heavy atom. The number of ketones is 1. The van der Waals surface area contributed by atoms with E-state index in [-0.39, 0.29) is 24.7 Å². The number of amides is 3. The van der Waals surface area contributed by atoms with Gasteiger partial charge in [-0.2, -0.15) is 0 Å². The lowest BCUT2D eigenvalue weighted by Gasteiger charge is -2.18. The van der Waals surface area contributed by atoms with Gasteiger partial charge in [0.1, 0.15) is 5.54 Å². The van der Waals surface area contributed by atoms with Gasteiger partial charge < -0.3 is 5.32 Å². The van der Waals surface area contributed by atoms with E-state index in [1.54, 1.807) is 6.92 Å². The van der Waals surface area contributed by atoms with Crippen LogP contribution < -0.4 is 5.32 Å². The molecule has 0 aliphatic carbocycles. The van der Waals surface area contributed by atoms with Gasteiger partial charge in [0.15, 0.2) is 5.78 Å². The number of aryl methyl sites for hydroxylation is 1. The molecule has 1 fully saturated rings. The van der Waals surface area contributed by atoms with E-state index in [0.717, 1.165) is 16.0 Å². The fourth-order valence-corrected chi connectivity index (χ4v) is 2.30. The molecule has 1 N–H and O–H groups in total. The van der Waals surface area contributed by atoms with Gasteiger partial charge in [0.2, 0.25) is 0 Å². The van der Waals surface area contributed by atoms with Crippen LogP contribution in [0.5, 0.6) is 0 Å². The number of imide groups is 1. The monoisotopic (exact) mass is 288 g/mol. The first kappa shape index (κ1) is 15.2. The van der Waals surface area contributed by atoms with E-state index in [1.807, 2.05) is 38.1 Å². The van der Waals surface area contributed by atoms with Crippen LogP contribution in [-0.2, 0) is 16.0 Å². The van der Waals surface area contributed by atoms with Crippen LogP contribution in [0, 0.1) is 6.92 Å². The molecule has 21 heavy (non-hydrogen) atoms. The van der Waals surface area contributed by atoms with Crippen LogP contribution in [0.4, 0.5) is 4.79 Å². The van der Waals surface area contributed by atoms with Crippen LogP contribution in [0.15, 0.2) is 24.3 Å². The number of carbonyl (C=O) groups excluding carboxylic acids is 3. The normalized spacial score (nSPS) is 21.6. The standard InChI is InChI=1S/C16H20N2O3/c1-4-16(3)14(20)18(15(21)17-16)10-13(19)9-12-7-5-11(2)6-8-12/h5-8H,4,9-10H2,1-3H3,(H,17,21). The van der Waals surface area contributed by atoms with Gasteiger partial charge in [-0.1, -0.05) is 36.8 Å². The molecule has 1 saturated heterocycles. The Labute approximate surface area is 124 Å². The van der Waals surface area contributed by atoms with E-state index < -0.39 is 11.6 Å². The summed E-state index contributed by atoms with van der Waals surface area (Å²) in [5.74, 6) is -0.477. The molecule has 1 atom stereocenters. The van der Waals surface area contributed by atoms with Crippen molar-refractivity contribution in [3.8, 4) is 0 Å². The summed E-state index contributed by atoms with van der Waals surface area (Å²) in [5.41, 5.74) is 1.12. The first-order valence-corrected chi connectivity index (χ1v) is 7.07. The van der Waals surface area contributed by atoms with Gasteiger partial charge in [-0.15, -0.1) is 0 Å². The maximum atomic E-state index is 12.2. The molecule has 5 nitrogen and oxygen atoms in total. The highest BCUT2D eigenvalue weighted by Crippen LogP contribution is 2.20. The number of benzene rings is 1. The smallest absolute Gasteiger partial charge is 0.323 e. The number of urea groups is 1. The van der Waals surface area contributed by atoms with Crippen molar-refractivity contribution in [2.45, 2.75) is 39.2 Å². The van der Waals surface area contributed by atoms with Crippen molar-refractivity contribution in [1.82, 2.24) is 10.2 Å². The zero-order valence-electron chi connectivity index (χ0n) is 12.6. The highest BCUT2D eigenvalue weighted by Gasteiger charge is 2.46. The van der Waals surface area contributed by atoms with Gasteiger partial charge in [-0.3, -0.25) is 14.5 Å². The summed E-state index contributed by atoms with van der Waals surface area (Å²) in [6.07, 6.45) is 0.723. The largest absolute Gasteiger partial charge is 0.325 e. The third kappa shape index (κ3) is 3.12. The maximum absolute atomic E-state index is 12.2. The number of carbonyl (C=O) groups is 3. The van der Waals surface area contributed by atoms with Crippen molar-refractivity contribution in [3.63, 3.8) is 0 Å². The van der Waals surface area contributed by atoms with E-state index in [0.29, 0.717) is 6.42 Å². The fraction of sp³-hybridized carbons (Fsp3) is 0.438. The minimum absolute atomic E-state index is 0.150. The Hall–Kier alpha value is -2.17. The number of Topliss-reactive ketones (excluding diaryl/α,β-unsaturated/α-hetero) is 1. The summed E-state index contributed by atoms with van der Waals surface area (Å²) < 4.78 is 0. The third-order valence-corrected chi connectivity index (χ3v) is 3.91. The molecular weight excluding hydrogens is 268 g/mol. The van der Waals surface area contributed by atoms with Gasteiger partial charge in [-0.25, -0.2) is 4.79 Å². The van der Waals surface area contributed by atoms with Crippen molar-refractivity contribution in [2.75, 3.05) is 6.54 Å². The van der Waals surface area contributed by atoms with E-state index >= 15 is 0 Å². The minimum atomic E-state index is -0.888. The minimum Gasteiger partial charge on any atom is -0.323 e. The molecule has 0 radical (unpaired) electrons. The first-order chi connectivity index (χ1) is 9.85. The number of nitrogens with zero attached hydrogens (tertiary/aromatic N) is 1. The molecule has 0 saturated carbocycles. The molecule has 2 rings (SSSR count). The third-order valence-electron chi connectivity index (χ3n) is 3.91. The van der Waals surface area contributed by atoms with Crippen molar-refractivity contribution in [3.05, 3.63) is 35.4 Å². The number of hydrogen-bond donors (Lipinski definition) is 1. The zero-order valence-corrected chi connectivity index (χ0v) is 12.6. The highest BCUT2D eigenvalue weighted by molar-refractivity contribution is 6.09. The quantitative estimate of drug-likeness (QED) is 0.841. The Morgan fingerprint density at radius 1 is 1.24 bits per heavy atom. The van der Waals surface area contributed by atoms with Gasteiger partial charge >= 0.3 is 6.03 Å². The molecule has 0 spiro atoms. The Bertz CT molecular complexity index is 580. The highest BCUT2D eigenvalue weighted by atomic mass is 16.2. The first-order valence-electron chi connectivity index (χ1n) is 7.07. The SMILES string of the molecule is CCC1(C)NC(=O)N(CC(=O)Cc2ccc(C)cc2)C1=O. The van der Waals surface area contributed by atoms with Crippen molar-refractivity contribution < 1.29 is 14.4 Å². The molecule has 0 aromatic heterocycles. The molecule has 1 aromatic carbocycles. The number of nitrogens with one attached hydrogen (secondary N) is 1. The van der Waals surface area contributed by atoms with Crippen LogP contribution in [0.25, 0.3) is 0 Å². The Kier molecular flexibility index (Phi) is 4.11. The van der Waals surface area contributed by atoms with Gasteiger partial charge in [0.25, 0.3) is 5.91 Å². The predicted octanol–water partition coefficient (Wildman–Crippen LogP) is 1.83. The van der Waals surface area contributed by atoms with Crippen LogP contribution in [-0.4, -0.2) is 34.7 Å². The molecule has 3 amide bonds. The van der Waals surface area contributed by atoms with Crippen molar-refractivity contribution >= 4 is 17.7 Å². The van der Waals surface area contributed by atoms with E-state index in [1.165, 1.54) is 0 Å².